The zero-order chi connectivity index (χ0) is 15.6. The molecule has 1 aromatic rings. The first-order chi connectivity index (χ1) is 9.84. The molecule has 1 unspecified atom stereocenters. The van der Waals surface area contributed by atoms with Gasteiger partial charge in [-0.25, -0.2) is 0 Å². The van der Waals surface area contributed by atoms with E-state index in [1.807, 2.05) is 0 Å². The Morgan fingerprint density at radius 3 is 2.67 bits per heavy atom. The lowest BCUT2D eigenvalue weighted by Crippen LogP contribution is -2.44. The molecule has 1 atom stereocenters. The number of rotatable bonds is 3. The van der Waals surface area contributed by atoms with Crippen molar-refractivity contribution in [2.75, 3.05) is 18.0 Å². The van der Waals surface area contributed by atoms with Gasteiger partial charge in [-0.2, -0.15) is 13.2 Å². The second-order valence-corrected chi connectivity index (χ2v) is 5.04. The van der Waals surface area contributed by atoms with Crippen LogP contribution in [0.4, 0.5) is 24.5 Å². The highest BCUT2D eigenvalue weighted by Crippen LogP contribution is 2.38. The van der Waals surface area contributed by atoms with E-state index in [1.165, 1.54) is 6.07 Å². The number of nitrogens with two attached hydrogens (primary N) is 1. The molecule has 1 heterocycles. The van der Waals surface area contributed by atoms with Crippen LogP contribution in [0.5, 0.6) is 0 Å². The van der Waals surface area contributed by atoms with Crippen molar-refractivity contribution >= 4 is 11.4 Å². The molecule has 2 rings (SSSR count). The molecule has 0 bridgehead atoms. The fourth-order valence-electron chi connectivity index (χ4n) is 2.65. The second-order valence-electron chi connectivity index (χ2n) is 5.04. The van der Waals surface area contributed by atoms with Crippen molar-refractivity contribution in [3.05, 3.63) is 33.9 Å². The topological polar surface area (TPSA) is 72.4 Å². The highest BCUT2D eigenvalue weighted by Gasteiger charge is 2.35. The number of hydrogen-bond acceptors (Lipinski definition) is 4. The molecule has 21 heavy (non-hydrogen) atoms. The van der Waals surface area contributed by atoms with Gasteiger partial charge in [0.15, 0.2) is 0 Å². The van der Waals surface area contributed by atoms with Crippen molar-refractivity contribution < 1.29 is 18.1 Å². The van der Waals surface area contributed by atoms with E-state index < -0.39 is 22.4 Å². The third-order valence-electron chi connectivity index (χ3n) is 3.71. The van der Waals surface area contributed by atoms with Gasteiger partial charge in [-0.05, 0) is 31.4 Å². The van der Waals surface area contributed by atoms with Gasteiger partial charge in [0.05, 0.1) is 10.5 Å². The van der Waals surface area contributed by atoms with E-state index in [9.17, 15) is 23.3 Å². The molecule has 5 nitrogen and oxygen atoms in total. The van der Waals surface area contributed by atoms with E-state index in [4.69, 9.17) is 5.73 Å². The fourth-order valence-corrected chi connectivity index (χ4v) is 2.65. The van der Waals surface area contributed by atoms with Gasteiger partial charge >= 0.3 is 6.18 Å². The Bertz CT molecular complexity index is 534. The van der Waals surface area contributed by atoms with Crippen LogP contribution in [-0.4, -0.2) is 24.1 Å². The number of nitrogens with zero attached hydrogens (tertiary/aromatic N) is 2. The summed E-state index contributed by atoms with van der Waals surface area (Å²) < 4.78 is 38.1. The van der Waals surface area contributed by atoms with Crippen molar-refractivity contribution in [1.29, 1.82) is 0 Å². The lowest BCUT2D eigenvalue weighted by atomic mass is 10.0. The SMILES string of the molecule is NCC1CCCCN1c1ccc(C(F)(F)F)cc1[N+](=O)[O-]. The van der Waals surface area contributed by atoms with E-state index in [0.29, 0.717) is 19.2 Å². The van der Waals surface area contributed by atoms with Crippen LogP contribution in [0.3, 0.4) is 0 Å². The second kappa shape index (κ2) is 5.88. The summed E-state index contributed by atoms with van der Waals surface area (Å²) >= 11 is 0. The molecule has 0 aliphatic carbocycles. The van der Waals surface area contributed by atoms with Gasteiger partial charge in [-0.15, -0.1) is 0 Å². The molecular weight excluding hydrogens is 287 g/mol. The zero-order valence-corrected chi connectivity index (χ0v) is 11.3. The van der Waals surface area contributed by atoms with Gasteiger partial charge in [0.1, 0.15) is 5.69 Å². The van der Waals surface area contributed by atoms with Gasteiger partial charge in [0.2, 0.25) is 0 Å². The average molecular weight is 303 g/mol. The molecule has 0 radical (unpaired) electrons. The van der Waals surface area contributed by atoms with Crippen LogP contribution in [0.2, 0.25) is 0 Å². The number of halogens is 3. The molecule has 0 aromatic heterocycles. The maximum absolute atomic E-state index is 12.7. The molecular formula is C13H16F3N3O2. The molecule has 2 N–H and O–H groups in total. The number of anilines is 1. The van der Waals surface area contributed by atoms with E-state index in [2.05, 4.69) is 0 Å². The van der Waals surface area contributed by atoms with Crippen LogP contribution in [0, 0.1) is 10.1 Å². The predicted molar refractivity (Wildman–Crippen MR) is 72.1 cm³/mol. The molecule has 8 heteroatoms. The van der Waals surface area contributed by atoms with Crippen LogP contribution in [0.1, 0.15) is 24.8 Å². The monoisotopic (exact) mass is 303 g/mol. The van der Waals surface area contributed by atoms with Crippen molar-refractivity contribution in [2.45, 2.75) is 31.5 Å². The maximum Gasteiger partial charge on any atom is 0.416 e. The quantitative estimate of drug-likeness (QED) is 0.688. The minimum atomic E-state index is -4.60. The molecule has 1 aliphatic heterocycles. The molecule has 1 aliphatic rings. The number of piperidine rings is 1. The Labute approximate surface area is 119 Å². The molecule has 1 saturated heterocycles. The predicted octanol–water partition coefficient (Wildman–Crippen LogP) is 2.93. The molecule has 1 fully saturated rings. The highest BCUT2D eigenvalue weighted by molar-refractivity contribution is 5.65. The third-order valence-corrected chi connectivity index (χ3v) is 3.71. The van der Waals surface area contributed by atoms with E-state index in [-0.39, 0.29) is 11.7 Å². The smallest absolute Gasteiger partial charge is 0.362 e. The molecule has 1 aromatic carbocycles. The highest BCUT2D eigenvalue weighted by atomic mass is 19.4. The Hall–Kier alpha value is -1.83. The summed E-state index contributed by atoms with van der Waals surface area (Å²) in [5.74, 6) is 0. The first-order valence-electron chi connectivity index (χ1n) is 6.67. The summed E-state index contributed by atoms with van der Waals surface area (Å²) in [6, 6.07) is 2.57. The minimum absolute atomic E-state index is 0.0748. The first-order valence-corrected chi connectivity index (χ1v) is 6.67. The lowest BCUT2D eigenvalue weighted by molar-refractivity contribution is -0.384. The number of alkyl halides is 3. The number of nitro groups is 1. The summed E-state index contributed by atoms with van der Waals surface area (Å²) in [5.41, 5.74) is 4.34. The molecule has 0 spiro atoms. The third kappa shape index (κ3) is 3.26. The van der Waals surface area contributed by atoms with Crippen molar-refractivity contribution in [2.24, 2.45) is 5.73 Å². The van der Waals surface area contributed by atoms with Crippen LogP contribution < -0.4 is 10.6 Å². The summed E-state index contributed by atoms with van der Waals surface area (Å²) in [6.45, 7) is 0.881. The number of nitro benzene ring substituents is 1. The van der Waals surface area contributed by atoms with Crippen LogP contribution in [0.25, 0.3) is 0 Å². The van der Waals surface area contributed by atoms with E-state index in [1.54, 1.807) is 4.90 Å². The van der Waals surface area contributed by atoms with Gasteiger partial charge in [-0.1, -0.05) is 0 Å². The molecule has 116 valence electrons. The van der Waals surface area contributed by atoms with Gasteiger partial charge in [-0.3, -0.25) is 10.1 Å². The summed E-state index contributed by atoms with van der Waals surface area (Å²) in [6.07, 6.45) is -2.01. The maximum atomic E-state index is 12.7. The summed E-state index contributed by atoms with van der Waals surface area (Å²) in [5, 5.41) is 11.1. The van der Waals surface area contributed by atoms with Crippen LogP contribution in [-0.2, 0) is 6.18 Å². The van der Waals surface area contributed by atoms with Crippen LogP contribution >= 0.6 is 0 Å². The van der Waals surface area contributed by atoms with E-state index >= 15 is 0 Å². The molecule has 0 saturated carbocycles. The Morgan fingerprint density at radius 2 is 2.10 bits per heavy atom. The molecule has 0 amide bonds. The Morgan fingerprint density at radius 1 is 1.38 bits per heavy atom. The van der Waals surface area contributed by atoms with E-state index in [0.717, 1.165) is 25.3 Å². The van der Waals surface area contributed by atoms with Crippen molar-refractivity contribution in [3.8, 4) is 0 Å². The minimum Gasteiger partial charge on any atom is -0.362 e. The summed E-state index contributed by atoms with van der Waals surface area (Å²) in [4.78, 5) is 12.1. The lowest BCUT2D eigenvalue weighted by Gasteiger charge is -2.36. The Balaban J connectivity index is 2.45. The normalized spacial score (nSPS) is 19.6. The fraction of sp³-hybridized carbons (Fsp3) is 0.538. The van der Waals surface area contributed by atoms with Gasteiger partial charge in [0, 0.05) is 25.2 Å². The first kappa shape index (κ1) is 15.6. The van der Waals surface area contributed by atoms with Crippen molar-refractivity contribution in [3.63, 3.8) is 0 Å². The van der Waals surface area contributed by atoms with Crippen molar-refractivity contribution in [1.82, 2.24) is 0 Å². The summed E-state index contributed by atoms with van der Waals surface area (Å²) in [7, 11) is 0. The Kier molecular flexibility index (Phi) is 4.36. The van der Waals surface area contributed by atoms with Gasteiger partial charge < -0.3 is 10.6 Å². The standard InChI is InChI=1S/C13H16F3N3O2/c14-13(15,16)9-4-5-11(12(7-9)19(20)21)18-6-2-1-3-10(18)8-17/h4-5,7,10H,1-3,6,8,17H2. The largest absolute Gasteiger partial charge is 0.416 e. The number of benzene rings is 1. The van der Waals surface area contributed by atoms with Crippen LogP contribution in [0.15, 0.2) is 18.2 Å². The number of hydrogen-bond donors (Lipinski definition) is 1. The zero-order valence-electron chi connectivity index (χ0n) is 11.3. The average Bonchev–Trinajstić information content (AvgIpc) is 2.45. The van der Waals surface area contributed by atoms with Gasteiger partial charge in [0.25, 0.3) is 5.69 Å².